The van der Waals surface area contributed by atoms with Crippen LogP contribution in [0, 0.1) is 12.7 Å². The van der Waals surface area contributed by atoms with E-state index in [2.05, 4.69) is 5.32 Å². The van der Waals surface area contributed by atoms with Crippen molar-refractivity contribution in [1.29, 1.82) is 0 Å². The van der Waals surface area contributed by atoms with Gasteiger partial charge in [-0.25, -0.2) is 4.39 Å². The standard InChI is InChI=1S/C22H23FN2O4S/c1-4-28-18-9-7-15(10-19(18)29-5-2)11-20-21(26)25(22(27)30-20)13-24-17-12-16(23)8-6-14(17)3/h6-12,24H,4-5,13H2,1-3H3/b20-11-. The summed E-state index contributed by atoms with van der Waals surface area (Å²) in [5, 5.41) is 2.57. The van der Waals surface area contributed by atoms with E-state index in [0.717, 1.165) is 27.8 Å². The third-order valence-corrected chi connectivity index (χ3v) is 5.27. The molecule has 0 aliphatic carbocycles. The summed E-state index contributed by atoms with van der Waals surface area (Å²) in [5.74, 6) is 0.408. The Kier molecular flexibility index (Phi) is 6.99. The van der Waals surface area contributed by atoms with Gasteiger partial charge in [0.15, 0.2) is 11.5 Å². The molecule has 0 atom stereocenters. The van der Waals surface area contributed by atoms with Crippen molar-refractivity contribution in [3.63, 3.8) is 0 Å². The molecule has 1 aliphatic heterocycles. The van der Waals surface area contributed by atoms with Crippen LogP contribution in [0.25, 0.3) is 6.08 Å². The first-order valence-corrected chi connectivity index (χ1v) is 10.4. The highest BCUT2D eigenvalue weighted by molar-refractivity contribution is 8.18. The van der Waals surface area contributed by atoms with Gasteiger partial charge in [0, 0.05) is 5.69 Å². The lowest BCUT2D eigenvalue weighted by molar-refractivity contribution is -0.122. The first-order chi connectivity index (χ1) is 14.4. The van der Waals surface area contributed by atoms with Crippen LogP contribution in [0.5, 0.6) is 11.5 Å². The van der Waals surface area contributed by atoms with Gasteiger partial charge in [0.2, 0.25) is 0 Å². The Labute approximate surface area is 179 Å². The van der Waals surface area contributed by atoms with Crippen molar-refractivity contribution >= 4 is 34.7 Å². The molecule has 1 heterocycles. The number of aryl methyl sites for hydroxylation is 1. The number of imide groups is 1. The van der Waals surface area contributed by atoms with Gasteiger partial charge in [-0.2, -0.15) is 0 Å². The number of carbonyl (C=O) groups is 2. The van der Waals surface area contributed by atoms with Gasteiger partial charge in [-0.1, -0.05) is 12.1 Å². The molecule has 3 rings (SSSR count). The van der Waals surface area contributed by atoms with Crippen molar-refractivity contribution in [2.75, 3.05) is 25.2 Å². The summed E-state index contributed by atoms with van der Waals surface area (Å²) < 4.78 is 24.6. The van der Waals surface area contributed by atoms with E-state index in [-0.39, 0.29) is 11.9 Å². The molecule has 0 bridgehead atoms. The Morgan fingerprint density at radius 1 is 1.07 bits per heavy atom. The number of nitrogens with one attached hydrogen (secondary N) is 1. The summed E-state index contributed by atoms with van der Waals surface area (Å²) in [7, 11) is 0. The minimum Gasteiger partial charge on any atom is -0.490 e. The largest absolute Gasteiger partial charge is 0.490 e. The average Bonchev–Trinajstić information content (AvgIpc) is 2.98. The van der Waals surface area contributed by atoms with Crippen molar-refractivity contribution in [2.24, 2.45) is 0 Å². The van der Waals surface area contributed by atoms with Crippen LogP contribution in [-0.4, -0.2) is 35.9 Å². The summed E-state index contributed by atoms with van der Waals surface area (Å²) in [5.41, 5.74) is 2.07. The fraction of sp³-hybridized carbons (Fsp3) is 0.273. The molecule has 1 aliphatic rings. The molecule has 2 aromatic rings. The lowest BCUT2D eigenvalue weighted by Crippen LogP contribution is -2.33. The van der Waals surface area contributed by atoms with Crippen molar-refractivity contribution in [3.8, 4) is 11.5 Å². The Morgan fingerprint density at radius 3 is 2.53 bits per heavy atom. The minimum atomic E-state index is -0.404. The summed E-state index contributed by atoms with van der Waals surface area (Å²) in [6.07, 6.45) is 1.65. The number of anilines is 1. The second-order valence-corrected chi connectivity index (χ2v) is 7.47. The quantitative estimate of drug-likeness (QED) is 0.592. The van der Waals surface area contributed by atoms with E-state index in [1.165, 1.54) is 12.1 Å². The third kappa shape index (κ3) is 4.94. The van der Waals surface area contributed by atoms with Crippen LogP contribution in [0.4, 0.5) is 14.9 Å². The van der Waals surface area contributed by atoms with Crippen LogP contribution in [0.1, 0.15) is 25.0 Å². The molecule has 8 heteroatoms. The van der Waals surface area contributed by atoms with Gasteiger partial charge in [-0.05, 0) is 74.0 Å². The number of carbonyl (C=O) groups excluding carboxylic acids is 2. The number of thioether (sulfide) groups is 1. The molecule has 0 radical (unpaired) electrons. The molecular weight excluding hydrogens is 407 g/mol. The molecule has 1 N–H and O–H groups in total. The van der Waals surface area contributed by atoms with E-state index >= 15 is 0 Å². The van der Waals surface area contributed by atoms with E-state index in [9.17, 15) is 14.0 Å². The van der Waals surface area contributed by atoms with Crippen LogP contribution in [0.15, 0.2) is 41.3 Å². The van der Waals surface area contributed by atoms with E-state index in [4.69, 9.17) is 9.47 Å². The molecular formula is C22H23FN2O4S. The number of hydrogen-bond donors (Lipinski definition) is 1. The molecule has 0 saturated carbocycles. The lowest BCUT2D eigenvalue weighted by atomic mass is 10.2. The molecule has 0 spiro atoms. The number of nitrogens with zero attached hydrogens (tertiary/aromatic N) is 1. The molecule has 2 aromatic carbocycles. The monoisotopic (exact) mass is 430 g/mol. The predicted molar refractivity (Wildman–Crippen MR) is 116 cm³/mol. The highest BCUT2D eigenvalue weighted by Gasteiger charge is 2.35. The fourth-order valence-electron chi connectivity index (χ4n) is 2.89. The number of hydrogen-bond acceptors (Lipinski definition) is 6. The number of benzene rings is 2. The maximum Gasteiger partial charge on any atom is 0.295 e. The van der Waals surface area contributed by atoms with Crippen LogP contribution in [0.3, 0.4) is 0 Å². The van der Waals surface area contributed by atoms with Gasteiger partial charge in [0.1, 0.15) is 5.82 Å². The van der Waals surface area contributed by atoms with Gasteiger partial charge in [0.05, 0.1) is 24.8 Å². The number of ether oxygens (including phenoxy) is 2. The number of rotatable bonds is 8. The third-order valence-electron chi connectivity index (χ3n) is 4.37. The molecule has 1 fully saturated rings. The Hall–Kier alpha value is -3.00. The SMILES string of the molecule is CCOc1ccc(/C=C2\SC(=O)N(CNc3cc(F)ccc3C)C2=O)cc1OCC. The molecule has 0 unspecified atom stereocenters. The topological polar surface area (TPSA) is 67.9 Å². The molecule has 0 aromatic heterocycles. The first kappa shape index (κ1) is 21.7. The van der Waals surface area contributed by atoms with Crippen molar-refractivity contribution < 1.29 is 23.5 Å². The van der Waals surface area contributed by atoms with E-state index in [0.29, 0.717) is 35.3 Å². The zero-order valence-corrected chi connectivity index (χ0v) is 17.8. The molecule has 2 amide bonds. The Bertz CT molecular complexity index is 993. The zero-order valence-electron chi connectivity index (χ0n) is 17.0. The maximum absolute atomic E-state index is 13.4. The summed E-state index contributed by atoms with van der Waals surface area (Å²) in [6.45, 7) is 6.53. The van der Waals surface area contributed by atoms with Gasteiger partial charge in [-0.15, -0.1) is 0 Å². The second kappa shape index (κ2) is 9.67. The molecule has 6 nitrogen and oxygen atoms in total. The summed E-state index contributed by atoms with van der Waals surface area (Å²) in [6, 6.07) is 9.68. The number of halogens is 1. The van der Waals surface area contributed by atoms with Crippen LogP contribution in [0.2, 0.25) is 0 Å². The minimum absolute atomic E-state index is 0.0419. The molecule has 30 heavy (non-hydrogen) atoms. The summed E-state index contributed by atoms with van der Waals surface area (Å²) in [4.78, 5) is 26.5. The second-order valence-electron chi connectivity index (χ2n) is 6.48. The van der Waals surface area contributed by atoms with Crippen molar-refractivity contribution in [1.82, 2.24) is 4.90 Å². The van der Waals surface area contributed by atoms with E-state index < -0.39 is 11.7 Å². The lowest BCUT2D eigenvalue weighted by Gasteiger charge is -2.16. The highest BCUT2D eigenvalue weighted by Crippen LogP contribution is 2.34. The van der Waals surface area contributed by atoms with Gasteiger partial charge >= 0.3 is 0 Å². The average molecular weight is 431 g/mol. The van der Waals surface area contributed by atoms with Gasteiger partial charge < -0.3 is 14.8 Å². The van der Waals surface area contributed by atoms with Crippen LogP contribution >= 0.6 is 11.8 Å². The number of amides is 2. The smallest absolute Gasteiger partial charge is 0.295 e. The van der Waals surface area contributed by atoms with E-state index in [1.54, 1.807) is 30.3 Å². The first-order valence-electron chi connectivity index (χ1n) is 9.58. The van der Waals surface area contributed by atoms with Crippen molar-refractivity contribution in [3.05, 3.63) is 58.2 Å². The predicted octanol–water partition coefficient (Wildman–Crippen LogP) is 5.04. The van der Waals surface area contributed by atoms with Crippen LogP contribution < -0.4 is 14.8 Å². The fourth-order valence-corrected chi connectivity index (χ4v) is 3.73. The van der Waals surface area contributed by atoms with Crippen molar-refractivity contribution in [2.45, 2.75) is 20.8 Å². The Morgan fingerprint density at radius 2 is 1.80 bits per heavy atom. The molecule has 1 saturated heterocycles. The molecule has 158 valence electrons. The summed E-state index contributed by atoms with van der Waals surface area (Å²) >= 11 is 0.865. The normalized spacial score (nSPS) is 15.1. The zero-order chi connectivity index (χ0) is 21.7. The maximum atomic E-state index is 13.4. The van der Waals surface area contributed by atoms with Crippen LogP contribution in [-0.2, 0) is 4.79 Å². The highest BCUT2D eigenvalue weighted by atomic mass is 32.2. The van der Waals surface area contributed by atoms with E-state index in [1.807, 2.05) is 20.8 Å². The van der Waals surface area contributed by atoms with Gasteiger partial charge in [0.25, 0.3) is 11.1 Å². The van der Waals surface area contributed by atoms with Gasteiger partial charge in [-0.3, -0.25) is 14.5 Å². The Balaban J connectivity index is 1.76.